The average Bonchev–Trinajstić information content (AvgIpc) is 2.40. The van der Waals surface area contributed by atoms with Gasteiger partial charge in [-0.2, -0.15) is 0 Å². The maximum absolute atomic E-state index is 4.13. The fourth-order valence-electron chi connectivity index (χ4n) is 2.38. The van der Waals surface area contributed by atoms with Crippen molar-refractivity contribution < 1.29 is 0 Å². The summed E-state index contributed by atoms with van der Waals surface area (Å²) in [6.07, 6.45) is 7.69. The normalized spacial score (nSPS) is 29.4. The van der Waals surface area contributed by atoms with E-state index in [1.54, 1.807) is 6.33 Å². The lowest BCUT2D eigenvalue weighted by molar-refractivity contribution is 0.276. The first-order valence-corrected chi connectivity index (χ1v) is 6.45. The van der Waals surface area contributed by atoms with Crippen molar-refractivity contribution in [2.24, 2.45) is 0 Å². The topological polar surface area (TPSA) is 41.0 Å². The molecule has 0 aliphatic carbocycles. The van der Waals surface area contributed by atoms with Crippen LogP contribution in [0.2, 0.25) is 0 Å². The summed E-state index contributed by atoms with van der Waals surface area (Å²) in [5.41, 5.74) is 1.34. The number of anilines is 1. The zero-order chi connectivity index (χ0) is 12.3. The molecular weight excluding hydrogens is 212 g/mol. The Balaban J connectivity index is 2.22. The zero-order valence-corrected chi connectivity index (χ0v) is 11.0. The number of nitrogens with zero attached hydrogens (tertiary/aromatic N) is 3. The molecule has 94 valence electrons. The fraction of sp³-hybridized carbons (Fsp3) is 0.692. The summed E-state index contributed by atoms with van der Waals surface area (Å²) in [5.74, 6) is 0. The van der Waals surface area contributed by atoms with Crippen LogP contribution in [0.3, 0.4) is 0 Å². The molecule has 1 aliphatic rings. The van der Waals surface area contributed by atoms with Crippen LogP contribution in [0.5, 0.6) is 0 Å². The van der Waals surface area contributed by atoms with Gasteiger partial charge in [0, 0.05) is 24.7 Å². The Morgan fingerprint density at radius 3 is 2.71 bits per heavy atom. The number of piperazine rings is 1. The van der Waals surface area contributed by atoms with Crippen molar-refractivity contribution in [3.05, 3.63) is 18.7 Å². The minimum atomic E-state index is 0.196. The van der Waals surface area contributed by atoms with Crippen molar-refractivity contribution in [1.29, 1.82) is 0 Å². The van der Waals surface area contributed by atoms with Crippen molar-refractivity contribution >= 4 is 5.69 Å². The highest BCUT2D eigenvalue weighted by Gasteiger charge is 2.33. The first-order valence-electron chi connectivity index (χ1n) is 6.45. The van der Waals surface area contributed by atoms with Gasteiger partial charge in [0.05, 0.1) is 18.1 Å². The van der Waals surface area contributed by atoms with Gasteiger partial charge in [0.1, 0.15) is 6.33 Å². The predicted molar refractivity (Wildman–Crippen MR) is 70.2 cm³/mol. The molecule has 1 aliphatic heterocycles. The highest BCUT2D eigenvalue weighted by atomic mass is 15.3. The van der Waals surface area contributed by atoms with E-state index >= 15 is 0 Å². The molecule has 0 aromatic carbocycles. The predicted octanol–water partition coefficient (Wildman–Crippen LogP) is 1.83. The van der Waals surface area contributed by atoms with E-state index in [9.17, 15) is 0 Å². The van der Waals surface area contributed by atoms with Crippen molar-refractivity contribution in [3.8, 4) is 0 Å². The molecule has 0 bridgehead atoms. The second-order valence-electron chi connectivity index (χ2n) is 5.08. The van der Waals surface area contributed by atoms with E-state index in [0.717, 1.165) is 31.6 Å². The van der Waals surface area contributed by atoms with E-state index < -0.39 is 0 Å². The molecule has 4 nitrogen and oxygen atoms in total. The van der Waals surface area contributed by atoms with Crippen LogP contribution >= 0.6 is 0 Å². The summed E-state index contributed by atoms with van der Waals surface area (Å²) in [7, 11) is 0. The van der Waals surface area contributed by atoms with E-state index in [0.29, 0.717) is 6.04 Å². The van der Waals surface area contributed by atoms with Crippen molar-refractivity contribution in [2.45, 2.75) is 45.2 Å². The zero-order valence-electron chi connectivity index (χ0n) is 11.0. The van der Waals surface area contributed by atoms with Gasteiger partial charge < -0.3 is 10.2 Å². The minimum absolute atomic E-state index is 0.196. The average molecular weight is 234 g/mol. The van der Waals surface area contributed by atoms with Crippen LogP contribution < -0.4 is 10.2 Å². The number of hydrogen-bond donors (Lipinski definition) is 1. The Morgan fingerprint density at radius 1 is 1.41 bits per heavy atom. The van der Waals surface area contributed by atoms with Crippen LogP contribution in [0.1, 0.15) is 33.6 Å². The standard InChI is InChI=1S/C13H22N4/c1-4-11-8-16-13(3,5-2)9-17(11)12-6-14-10-15-7-12/h6-7,10-11,16H,4-5,8-9H2,1-3H3. The van der Waals surface area contributed by atoms with Gasteiger partial charge in [-0.3, -0.25) is 0 Å². The smallest absolute Gasteiger partial charge is 0.115 e. The van der Waals surface area contributed by atoms with Crippen LogP contribution in [-0.4, -0.2) is 34.6 Å². The summed E-state index contributed by atoms with van der Waals surface area (Å²) in [5, 5.41) is 3.66. The molecule has 1 saturated heterocycles. The lowest BCUT2D eigenvalue weighted by atomic mass is 9.92. The molecule has 0 saturated carbocycles. The van der Waals surface area contributed by atoms with Gasteiger partial charge in [0.2, 0.25) is 0 Å². The van der Waals surface area contributed by atoms with Crippen molar-refractivity contribution in [3.63, 3.8) is 0 Å². The van der Waals surface area contributed by atoms with E-state index in [1.165, 1.54) is 0 Å². The number of nitrogens with one attached hydrogen (secondary N) is 1. The summed E-state index contributed by atoms with van der Waals surface area (Å²) in [6.45, 7) is 8.82. The van der Waals surface area contributed by atoms with Gasteiger partial charge in [0.15, 0.2) is 0 Å². The van der Waals surface area contributed by atoms with Gasteiger partial charge >= 0.3 is 0 Å². The molecule has 2 unspecified atom stereocenters. The summed E-state index contributed by atoms with van der Waals surface area (Å²) in [6, 6.07) is 0.542. The third-order valence-electron chi connectivity index (χ3n) is 3.85. The summed E-state index contributed by atoms with van der Waals surface area (Å²) >= 11 is 0. The second kappa shape index (κ2) is 5.00. The van der Waals surface area contributed by atoms with Gasteiger partial charge in [-0.05, 0) is 19.8 Å². The van der Waals surface area contributed by atoms with Gasteiger partial charge in [0.25, 0.3) is 0 Å². The van der Waals surface area contributed by atoms with Crippen LogP contribution in [-0.2, 0) is 0 Å². The van der Waals surface area contributed by atoms with E-state index in [2.05, 4.69) is 41.0 Å². The third-order valence-corrected chi connectivity index (χ3v) is 3.85. The Labute approximate surface area is 103 Å². The quantitative estimate of drug-likeness (QED) is 0.866. The summed E-state index contributed by atoms with van der Waals surface area (Å²) < 4.78 is 0. The minimum Gasteiger partial charge on any atom is -0.363 e. The van der Waals surface area contributed by atoms with E-state index in [1.807, 2.05) is 12.4 Å². The van der Waals surface area contributed by atoms with Gasteiger partial charge in [-0.1, -0.05) is 13.8 Å². The molecular formula is C13H22N4. The molecule has 1 aromatic rings. The maximum atomic E-state index is 4.13. The van der Waals surface area contributed by atoms with Crippen LogP contribution in [0.25, 0.3) is 0 Å². The molecule has 0 radical (unpaired) electrons. The molecule has 2 atom stereocenters. The molecule has 0 spiro atoms. The van der Waals surface area contributed by atoms with Crippen LogP contribution in [0, 0.1) is 0 Å². The molecule has 4 heteroatoms. The Bertz CT molecular complexity index is 354. The molecule has 0 amide bonds. The van der Waals surface area contributed by atoms with Crippen LogP contribution in [0.15, 0.2) is 18.7 Å². The first kappa shape index (κ1) is 12.3. The van der Waals surface area contributed by atoms with Crippen molar-refractivity contribution in [2.75, 3.05) is 18.0 Å². The highest BCUT2D eigenvalue weighted by molar-refractivity contribution is 5.44. The monoisotopic (exact) mass is 234 g/mol. The number of rotatable bonds is 3. The molecule has 2 heterocycles. The number of hydrogen-bond acceptors (Lipinski definition) is 4. The highest BCUT2D eigenvalue weighted by Crippen LogP contribution is 2.25. The van der Waals surface area contributed by atoms with Crippen molar-refractivity contribution in [1.82, 2.24) is 15.3 Å². The SMILES string of the molecule is CCC1CNC(C)(CC)CN1c1cncnc1. The van der Waals surface area contributed by atoms with Crippen LogP contribution in [0.4, 0.5) is 5.69 Å². The second-order valence-corrected chi connectivity index (χ2v) is 5.08. The Kier molecular flexibility index (Phi) is 3.62. The Hall–Kier alpha value is -1.16. The van der Waals surface area contributed by atoms with Gasteiger partial charge in [-0.25, -0.2) is 9.97 Å². The van der Waals surface area contributed by atoms with E-state index in [4.69, 9.17) is 0 Å². The molecule has 1 N–H and O–H groups in total. The first-order chi connectivity index (χ1) is 8.18. The Morgan fingerprint density at radius 2 is 2.12 bits per heavy atom. The third kappa shape index (κ3) is 2.57. The lowest BCUT2D eigenvalue weighted by Gasteiger charge is -2.46. The summed E-state index contributed by atoms with van der Waals surface area (Å²) in [4.78, 5) is 10.7. The maximum Gasteiger partial charge on any atom is 0.115 e. The largest absolute Gasteiger partial charge is 0.363 e. The number of aromatic nitrogens is 2. The van der Waals surface area contributed by atoms with Gasteiger partial charge in [-0.15, -0.1) is 0 Å². The fourth-order valence-corrected chi connectivity index (χ4v) is 2.38. The molecule has 17 heavy (non-hydrogen) atoms. The molecule has 1 fully saturated rings. The molecule has 2 rings (SSSR count). The molecule has 1 aromatic heterocycles. The van der Waals surface area contributed by atoms with E-state index in [-0.39, 0.29) is 5.54 Å². The lowest BCUT2D eigenvalue weighted by Crippen LogP contribution is -2.62.